The molecule has 0 amide bonds. The lowest BCUT2D eigenvalue weighted by molar-refractivity contribution is 0.307. The van der Waals surface area contributed by atoms with Gasteiger partial charge in [0.25, 0.3) is 0 Å². The molecule has 1 N–H and O–H groups in total. The molecule has 0 rings (SSSR count). The van der Waals surface area contributed by atoms with Crippen LogP contribution in [0.25, 0.3) is 0 Å². The first-order chi connectivity index (χ1) is 6.15. The predicted molar refractivity (Wildman–Crippen MR) is 61.0 cm³/mol. The van der Waals surface area contributed by atoms with Crippen molar-refractivity contribution in [1.82, 2.24) is 5.32 Å². The molecular formula is C12H27N. The third-order valence-corrected chi connectivity index (χ3v) is 3.06. The number of hydrogen-bond donors (Lipinski definition) is 1. The van der Waals surface area contributed by atoms with Crippen LogP contribution in [0.2, 0.25) is 0 Å². The monoisotopic (exact) mass is 185 g/mol. The second kappa shape index (κ2) is 7.37. The van der Waals surface area contributed by atoms with Crippen LogP contribution in [0.4, 0.5) is 0 Å². The average Bonchev–Trinajstić information content (AvgIpc) is 2.13. The van der Waals surface area contributed by atoms with Crippen molar-refractivity contribution in [3.05, 3.63) is 0 Å². The van der Waals surface area contributed by atoms with E-state index in [4.69, 9.17) is 0 Å². The maximum atomic E-state index is 3.56. The van der Waals surface area contributed by atoms with Crippen LogP contribution in [0.15, 0.2) is 0 Å². The Morgan fingerprint density at radius 1 is 1.00 bits per heavy atom. The first-order valence-electron chi connectivity index (χ1n) is 5.88. The van der Waals surface area contributed by atoms with Gasteiger partial charge >= 0.3 is 0 Å². The SMILES string of the molecule is CCNC(CC)C(C)CC(C)CC. The van der Waals surface area contributed by atoms with Gasteiger partial charge in [-0.05, 0) is 31.2 Å². The number of nitrogens with one attached hydrogen (secondary N) is 1. The molecule has 80 valence electrons. The van der Waals surface area contributed by atoms with Crippen LogP contribution >= 0.6 is 0 Å². The summed E-state index contributed by atoms with van der Waals surface area (Å²) in [6.45, 7) is 12.6. The third-order valence-electron chi connectivity index (χ3n) is 3.06. The zero-order chi connectivity index (χ0) is 10.3. The van der Waals surface area contributed by atoms with Gasteiger partial charge in [0.05, 0.1) is 0 Å². The standard InChI is InChI=1S/C12H27N/c1-6-10(4)9-11(5)12(7-2)13-8-3/h10-13H,6-9H2,1-5H3. The van der Waals surface area contributed by atoms with Crippen molar-refractivity contribution in [3.63, 3.8) is 0 Å². The van der Waals surface area contributed by atoms with Crippen molar-refractivity contribution < 1.29 is 0 Å². The highest BCUT2D eigenvalue weighted by atomic mass is 14.9. The van der Waals surface area contributed by atoms with Gasteiger partial charge in [-0.15, -0.1) is 0 Å². The molecule has 1 heteroatoms. The second-order valence-corrected chi connectivity index (χ2v) is 4.30. The normalized spacial score (nSPS) is 18.2. The minimum absolute atomic E-state index is 0.721. The lowest BCUT2D eigenvalue weighted by Gasteiger charge is -2.25. The molecule has 3 atom stereocenters. The quantitative estimate of drug-likeness (QED) is 0.640. The Morgan fingerprint density at radius 3 is 2.00 bits per heavy atom. The average molecular weight is 185 g/mol. The van der Waals surface area contributed by atoms with Gasteiger partial charge in [-0.1, -0.05) is 41.0 Å². The maximum absolute atomic E-state index is 3.56. The minimum Gasteiger partial charge on any atom is -0.314 e. The van der Waals surface area contributed by atoms with E-state index in [-0.39, 0.29) is 0 Å². The minimum atomic E-state index is 0.721. The van der Waals surface area contributed by atoms with Gasteiger partial charge in [-0.3, -0.25) is 0 Å². The maximum Gasteiger partial charge on any atom is 0.00900 e. The zero-order valence-electron chi connectivity index (χ0n) is 10.1. The first-order valence-corrected chi connectivity index (χ1v) is 5.88. The summed E-state index contributed by atoms with van der Waals surface area (Å²) in [7, 11) is 0. The lowest BCUT2D eigenvalue weighted by atomic mass is 9.89. The van der Waals surface area contributed by atoms with E-state index < -0.39 is 0 Å². The van der Waals surface area contributed by atoms with Gasteiger partial charge in [-0.2, -0.15) is 0 Å². The van der Waals surface area contributed by atoms with E-state index in [9.17, 15) is 0 Å². The van der Waals surface area contributed by atoms with Crippen LogP contribution in [0, 0.1) is 11.8 Å². The molecule has 0 fully saturated rings. The summed E-state index contributed by atoms with van der Waals surface area (Å²) >= 11 is 0. The van der Waals surface area contributed by atoms with Crippen molar-refractivity contribution in [1.29, 1.82) is 0 Å². The van der Waals surface area contributed by atoms with Crippen LogP contribution in [-0.2, 0) is 0 Å². The Balaban J connectivity index is 3.82. The molecule has 0 bridgehead atoms. The van der Waals surface area contributed by atoms with Crippen molar-refractivity contribution in [2.75, 3.05) is 6.54 Å². The van der Waals surface area contributed by atoms with Gasteiger partial charge in [0.1, 0.15) is 0 Å². The van der Waals surface area contributed by atoms with Crippen LogP contribution in [0.5, 0.6) is 0 Å². The molecule has 0 aromatic rings. The third kappa shape index (κ3) is 5.30. The Kier molecular flexibility index (Phi) is 7.35. The smallest absolute Gasteiger partial charge is 0.00900 e. The topological polar surface area (TPSA) is 12.0 Å². The highest BCUT2D eigenvalue weighted by molar-refractivity contribution is 4.72. The summed E-state index contributed by atoms with van der Waals surface area (Å²) in [4.78, 5) is 0. The van der Waals surface area contributed by atoms with Crippen LogP contribution in [-0.4, -0.2) is 12.6 Å². The molecule has 0 aliphatic carbocycles. The molecule has 0 aliphatic rings. The molecule has 3 unspecified atom stereocenters. The number of rotatable bonds is 7. The van der Waals surface area contributed by atoms with Crippen LogP contribution in [0.1, 0.15) is 53.9 Å². The molecule has 0 saturated carbocycles. The van der Waals surface area contributed by atoms with Crippen LogP contribution in [0.3, 0.4) is 0 Å². The van der Waals surface area contributed by atoms with E-state index in [0.29, 0.717) is 0 Å². The van der Waals surface area contributed by atoms with Gasteiger partial charge in [-0.25, -0.2) is 0 Å². The fourth-order valence-electron chi connectivity index (χ4n) is 1.98. The highest BCUT2D eigenvalue weighted by Crippen LogP contribution is 2.19. The largest absolute Gasteiger partial charge is 0.314 e. The summed E-state index contributed by atoms with van der Waals surface area (Å²) in [5.74, 6) is 1.70. The van der Waals surface area contributed by atoms with Crippen molar-refractivity contribution >= 4 is 0 Å². The molecule has 0 spiro atoms. The number of hydrogen-bond acceptors (Lipinski definition) is 1. The molecule has 0 aromatic carbocycles. The van der Waals surface area contributed by atoms with E-state index in [1.165, 1.54) is 19.3 Å². The molecule has 0 aromatic heterocycles. The van der Waals surface area contributed by atoms with Crippen molar-refractivity contribution in [2.24, 2.45) is 11.8 Å². The molecule has 0 aliphatic heterocycles. The molecule has 0 radical (unpaired) electrons. The Bertz CT molecular complexity index is 112. The van der Waals surface area contributed by atoms with Crippen molar-refractivity contribution in [3.8, 4) is 0 Å². The first kappa shape index (κ1) is 13.0. The molecule has 0 saturated heterocycles. The highest BCUT2D eigenvalue weighted by Gasteiger charge is 2.15. The second-order valence-electron chi connectivity index (χ2n) is 4.30. The Labute approximate surface area is 84.3 Å². The molecule has 0 heterocycles. The van der Waals surface area contributed by atoms with Gasteiger partial charge < -0.3 is 5.32 Å². The summed E-state index contributed by atoms with van der Waals surface area (Å²) in [6, 6.07) is 0.721. The van der Waals surface area contributed by atoms with E-state index in [1.54, 1.807) is 0 Å². The Morgan fingerprint density at radius 2 is 1.62 bits per heavy atom. The Hall–Kier alpha value is -0.0400. The van der Waals surface area contributed by atoms with Crippen molar-refractivity contribution in [2.45, 2.75) is 59.9 Å². The zero-order valence-corrected chi connectivity index (χ0v) is 10.1. The predicted octanol–water partition coefficient (Wildman–Crippen LogP) is 3.45. The molecular weight excluding hydrogens is 158 g/mol. The molecule has 13 heavy (non-hydrogen) atoms. The summed E-state index contributed by atoms with van der Waals surface area (Å²) in [5.41, 5.74) is 0. The van der Waals surface area contributed by atoms with E-state index in [0.717, 1.165) is 24.4 Å². The van der Waals surface area contributed by atoms with Gasteiger partial charge in [0, 0.05) is 6.04 Å². The van der Waals surface area contributed by atoms with E-state index in [2.05, 4.69) is 39.9 Å². The summed E-state index contributed by atoms with van der Waals surface area (Å²) in [5, 5.41) is 3.56. The van der Waals surface area contributed by atoms with E-state index in [1.807, 2.05) is 0 Å². The van der Waals surface area contributed by atoms with Crippen LogP contribution < -0.4 is 5.32 Å². The fourth-order valence-corrected chi connectivity index (χ4v) is 1.98. The lowest BCUT2D eigenvalue weighted by Crippen LogP contribution is -2.34. The molecule has 1 nitrogen and oxygen atoms in total. The van der Waals surface area contributed by atoms with E-state index >= 15 is 0 Å². The summed E-state index contributed by atoms with van der Waals surface area (Å²) in [6.07, 6.45) is 3.93. The summed E-state index contributed by atoms with van der Waals surface area (Å²) < 4.78 is 0. The fraction of sp³-hybridized carbons (Fsp3) is 1.00. The van der Waals surface area contributed by atoms with Gasteiger partial charge in [0.2, 0.25) is 0 Å². The van der Waals surface area contributed by atoms with Gasteiger partial charge in [0.15, 0.2) is 0 Å².